The molecule has 0 radical (unpaired) electrons. The molecule has 1 amide bonds. The van der Waals surface area contributed by atoms with Crippen molar-refractivity contribution in [2.45, 2.75) is 25.7 Å². The second kappa shape index (κ2) is 9.95. The van der Waals surface area contributed by atoms with Crippen LogP contribution in [0.1, 0.15) is 31.2 Å². The Morgan fingerprint density at radius 2 is 1.80 bits per heavy atom. The molecule has 156 valence electrons. The van der Waals surface area contributed by atoms with Gasteiger partial charge < -0.3 is 5.11 Å². The van der Waals surface area contributed by atoms with Crippen LogP contribution >= 0.6 is 24.0 Å². The third-order valence-electron chi connectivity index (χ3n) is 4.53. The minimum atomic E-state index is -0.827. The fraction of sp³-hybridized carbons (Fsp3) is 0.227. The summed E-state index contributed by atoms with van der Waals surface area (Å²) in [7, 11) is 0. The summed E-state index contributed by atoms with van der Waals surface area (Å²) < 4.78 is 27.5. The molecule has 0 unspecified atom stereocenters. The maximum atomic E-state index is 13.5. The number of hydrogen-bond donors (Lipinski definition) is 1. The van der Waals surface area contributed by atoms with Crippen molar-refractivity contribution in [3.63, 3.8) is 0 Å². The Morgan fingerprint density at radius 3 is 2.50 bits per heavy atom. The second-order valence-electron chi connectivity index (χ2n) is 6.82. The summed E-state index contributed by atoms with van der Waals surface area (Å²) in [5.41, 5.74) is 1.77. The molecule has 0 bridgehead atoms. The standard InChI is InChI=1S/C22H19F2NO3S2/c23-17-11-16(12-18(24)13-17)15-6-4-5-14(9-15)10-19-21(28)25(22(29)30-19)8-3-1-2-7-20(26)27/h4-6,9-13H,1-3,7-8H2,(H,26,27). The number of benzene rings is 2. The van der Waals surface area contributed by atoms with Crippen molar-refractivity contribution in [1.82, 2.24) is 4.90 Å². The number of carboxylic acid groups (broad SMARTS) is 1. The number of carbonyl (C=O) groups is 2. The van der Waals surface area contributed by atoms with E-state index in [2.05, 4.69) is 0 Å². The number of thioether (sulfide) groups is 1. The summed E-state index contributed by atoms with van der Waals surface area (Å²) >= 11 is 6.52. The highest BCUT2D eigenvalue weighted by molar-refractivity contribution is 8.26. The van der Waals surface area contributed by atoms with Crippen molar-refractivity contribution in [2.24, 2.45) is 0 Å². The monoisotopic (exact) mass is 447 g/mol. The van der Waals surface area contributed by atoms with Crippen LogP contribution in [0, 0.1) is 11.6 Å². The Bertz CT molecular complexity index is 1000. The van der Waals surface area contributed by atoms with Gasteiger partial charge in [0, 0.05) is 19.0 Å². The lowest BCUT2D eigenvalue weighted by Crippen LogP contribution is -2.29. The normalized spacial score (nSPS) is 15.3. The number of amides is 1. The van der Waals surface area contributed by atoms with Gasteiger partial charge in [0.05, 0.1) is 4.91 Å². The van der Waals surface area contributed by atoms with Crippen LogP contribution in [0.4, 0.5) is 8.78 Å². The first-order valence-electron chi connectivity index (χ1n) is 9.37. The maximum absolute atomic E-state index is 13.5. The van der Waals surface area contributed by atoms with E-state index in [0.29, 0.717) is 46.2 Å². The van der Waals surface area contributed by atoms with E-state index in [1.807, 2.05) is 0 Å². The molecule has 4 nitrogen and oxygen atoms in total. The van der Waals surface area contributed by atoms with E-state index in [-0.39, 0.29) is 12.3 Å². The van der Waals surface area contributed by atoms with Gasteiger partial charge >= 0.3 is 5.97 Å². The first-order valence-corrected chi connectivity index (χ1v) is 10.6. The van der Waals surface area contributed by atoms with E-state index >= 15 is 0 Å². The molecule has 0 aromatic heterocycles. The molecule has 0 atom stereocenters. The highest BCUT2D eigenvalue weighted by atomic mass is 32.2. The van der Waals surface area contributed by atoms with Crippen molar-refractivity contribution < 1.29 is 23.5 Å². The van der Waals surface area contributed by atoms with Gasteiger partial charge in [0.15, 0.2) is 0 Å². The zero-order valence-corrected chi connectivity index (χ0v) is 17.6. The predicted octanol–water partition coefficient (Wildman–Crippen LogP) is 5.48. The number of rotatable bonds is 8. The molecule has 8 heteroatoms. The predicted molar refractivity (Wildman–Crippen MR) is 118 cm³/mol. The molecule has 1 fully saturated rings. The van der Waals surface area contributed by atoms with Crippen LogP contribution in [0.5, 0.6) is 0 Å². The van der Waals surface area contributed by atoms with Gasteiger partial charge in [-0.3, -0.25) is 14.5 Å². The van der Waals surface area contributed by atoms with E-state index in [0.717, 1.165) is 11.6 Å². The topological polar surface area (TPSA) is 57.6 Å². The lowest BCUT2D eigenvalue weighted by molar-refractivity contribution is -0.137. The lowest BCUT2D eigenvalue weighted by Gasteiger charge is -2.13. The lowest BCUT2D eigenvalue weighted by atomic mass is 10.0. The van der Waals surface area contributed by atoms with E-state index < -0.39 is 17.6 Å². The van der Waals surface area contributed by atoms with Crippen molar-refractivity contribution in [3.8, 4) is 11.1 Å². The Balaban J connectivity index is 1.70. The summed E-state index contributed by atoms with van der Waals surface area (Å²) in [4.78, 5) is 25.3. The number of hydrogen-bond acceptors (Lipinski definition) is 4. The van der Waals surface area contributed by atoms with Crippen molar-refractivity contribution >= 4 is 46.3 Å². The van der Waals surface area contributed by atoms with Gasteiger partial charge in [0.1, 0.15) is 16.0 Å². The smallest absolute Gasteiger partial charge is 0.303 e. The molecule has 0 saturated carbocycles. The van der Waals surface area contributed by atoms with Crippen molar-refractivity contribution in [2.75, 3.05) is 6.54 Å². The largest absolute Gasteiger partial charge is 0.481 e. The van der Waals surface area contributed by atoms with Gasteiger partial charge in [-0.1, -0.05) is 48.6 Å². The molecule has 2 aromatic carbocycles. The summed E-state index contributed by atoms with van der Waals surface area (Å²) in [5.74, 6) is -2.32. The molecule has 1 heterocycles. The van der Waals surface area contributed by atoms with Crippen molar-refractivity contribution in [1.29, 1.82) is 0 Å². The number of thiocarbonyl (C=S) groups is 1. The van der Waals surface area contributed by atoms with Crippen LogP contribution in [0.2, 0.25) is 0 Å². The average Bonchev–Trinajstić information content (AvgIpc) is 2.94. The maximum Gasteiger partial charge on any atom is 0.303 e. The minimum Gasteiger partial charge on any atom is -0.481 e. The van der Waals surface area contributed by atoms with Crippen molar-refractivity contribution in [3.05, 3.63) is 64.6 Å². The van der Waals surface area contributed by atoms with Crippen LogP contribution in [0.3, 0.4) is 0 Å². The molecule has 3 rings (SSSR count). The van der Waals surface area contributed by atoms with E-state index in [1.54, 1.807) is 30.3 Å². The summed E-state index contributed by atoms with van der Waals surface area (Å²) in [5, 5.41) is 8.67. The Kier molecular flexibility index (Phi) is 7.33. The zero-order chi connectivity index (χ0) is 21.7. The Hall–Kier alpha value is -2.58. The van der Waals surface area contributed by atoms with E-state index in [4.69, 9.17) is 17.3 Å². The highest BCUT2D eigenvalue weighted by Gasteiger charge is 2.31. The van der Waals surface area contributed by atoms with Gasteiger partial charge in [0.25, 0.3) is 5.91 Å². The molecular formula is C22H19F2NO3S2. The molecule has 2 aromatic rings. The zero-order valence-electron chi connectivity index (χ0n) is 15.9. The van der Waals surface area contributed by atoms with Crippen LogP contribution < -0.4 is 0 Å². The molecule has 1 saturated heterocycles. The van der Waals surface area contributed by atoms with Gasteiger partial charge in [-0.15, -0.1) is 0 Å². The van der Waals surface area contributed by atoms with Gasteiger partial charge in [-0.25, -0.2) is 8.78 Å². The quantitative estimate of drug-likeness (QED) is 0.330. The van der Waals surface area contributed by atoms with Gasteiger partial charge in [0.2, 0.25) is 0 Å². The minimum absolute atomic E-state index is 0.115. The van der Waals surface area contributed by atoms with Crippen LogP contribution in [0.15, 0.2) is 47.4 Å². The summed E-state index contributed by atoms with van der Waals surface area (Å²) in [6, 6.07) is 10.4. The Morgan fingerprint density at radius 1 is 1.07 bits per heavy atom. The fourth-order valence-electron chi connectivity index (χ4n) is 3.10. The number of carboxylic acids is 1. The van der Waals surface area contributed by atoms with Crippen LogP contribution in [-0.2, 0) is 9.59 Å². The number of carbonyl (C=O) groups excluding carboxylic acids is 1. The second-order valence-corrected chi connectivity index (χ2v) is 8.50. The molecule has 1 aliphatic heterocycles. The molecule has 1 aliphatic rings. The Labute approximate surface area is 182 Å². The molecule has 1 N–H and O–H groups in total. The van der Waals surface area contributed by atoms with E-state index in [9.17, 15) is 18.4 Å². The van der Waals surface area contributed by atoms with Gasteiger partial charge in [-0.2, -0.15) is 0 Å². The first kappa shape index (κ1) is 22.1. The van der Waals surface area contributed by atoms with Gasteiger partial charge in [-0.05, 0) is 53.8 Å². The molecule has 30 heavy (non-hydrogen) atoms. The third kappa shape index (κ3) is 5.73. The molecular weight excluding hydrogens is 428 g/mol. The number of unbranched alkanes of at least 4 members (excludes halogenated alkanes) is 2. The van der Waals surface area contributed by atoms with Crippen LogP contribution in [0.25, 0.3) is 17.2 Å². The third-order valence-corrected chi connectivity index (χ3v) is 5.90. The molecule has 0 spiro atoms. The van der Waals surface area contributed by atoms with Crippen LogP contribution in [-0.4, -0.2) is 32.7 Å². The number of aliphatic carboxylic acids is 1. The first-order chi connectivity index (χ1) is 14.3. The summed E-state index contributed by atoms with van der Waals surface area (Å²) in [6.45, 7) is 0.449. The average molecular weight is 448 g/mol. The molecule has 0 aliphatic carbocycles. The fourth-order valence-corrected chi connectivity index (χ4v) is 4.40. The number of halogens is 2. The SMILES string of the molecule is O=C(O)CCCCCN1C(=O)C(=Cc2cccc(-c3cc(F)cc(F)c3)c2)SC1=S. The highest BCUT2D eigenvalue weighted by Crippen LogP contribution is 2.33. The summed E-state index contributed by atoms with van der Waals surface area (Å²) in [6.07, 6.45) is 3.77. The van der Waals surface area contributed by atoms with E-state index in [1.165, 1.54) is 28.8 Å². The number of nitrogens with zero attached hydrogens (tertiary/aromatic N) is 1.